The van der Waals surface area contributed by atoms with Gasteiger partial charge in [-0.05, 0) is 50.1 Å². The van der Waals surface area contributed by atoms with Crippen molar-refractivity contribution in [1.82, 2.24) is 14.5 Å². The van der Waals surface area contributed by atoms with Crippen molar-refractivity contribution in [3.63, 3.8) is 0 Å². The van der Waals surface area contributed by atoms with Crippen LogP contribution in [-0.4, -0.2) is 54.0 Å². The number of halogens is 1. The van der Waals surface area contributed by atoms with E-state index in [-0.39, 0.29) is 41.9 Å². The molecule has 0 radical (unpaired) electrons. The quantitative estimate of drug-likeness (QED) is 0.583. The standard InChI is InChI=1S/C24H28FN3O5S/c1-4-20(23(30)26-16(2)3)27(15-17-9-11-18(25)12-10-17)22(29)13-14-28-24(31)19-7-5-6-8-21(19)34(28,32)33/h5-12,16,20H,4,13-15H2,1-3H3,(H,26,30). The Morgan fingerprint density at radius 3 is 2.32 bits per heavy atom. The molecule has 1 aliphatic rings. The molecule has 34 heavy (non-hydrogen) atoms. The van der Waals surface area contributed by atoms with E-state index >= 15 is 0 Å². The van der Waals surface area contributed by atoms with Gasteiger partial charge in [-0.2, -0.15) is 0 Å². The van der Waals surface area contributed by atoms with Crippen LogP contribution in [0.15, 0.2) is 53.4 Å². The average molecular weight is 490 g/mol. The summed E-state index contributed by atoms with van der Waals surface area (Å²) in [6.45, 7) is 5.05. The number of fused-ring (bicyclic) bond motifs is 1. The fourth-order valence-corrected chi connectivity index (χ4v) is 5.45. The molecule has 1 aliphatic heterocycles. The van der Waals surface area contributed by atoms with Crippen LogP contribution in [0.2, 0.25) is 0 Å². The van der Waals surface area contributed by atoms with Gasteiger partial charge in [0.2, 0.25) is 11.8 Å². The smallest absolute Gasteiger partial charge is 0.269 e. The predicted molar refractivity (Wildman–Crippen MR) is 124 cm³/mol. The lowest BCUT2D eigenvalue weighted by molar-refractivity contribution is -0.141. The zero-order chi connectivity index (χ0) is 25.0. The van der Waals surface area contributed by atoms with E-state index < -0.39 is 33.7 Å². The molecule has 1 heterocycles. The van der Waals surface area contributed by atoms with E-state index in [2.05, 4.69) is 5.32 Å². The summed E-state index contributed by atoms with van der Waals surface area (Å²) >= 11 is 0. The molecule has 0 aliphatic carbocycles. The summed E-state index contributed by atoms with van der Waals surface area (Å²) in [5.74, 6) is -1.94. The number of hydrogen-bond donors (Lipinski definition) is 1. The number of sulfonamides is 1. The number of rotatable bonds is 9. The average Bonchev–Trinajstić information content (AvgIpc) is 2.98. The van der Waals surface area contributed by atoms with E-state index in [4.69, 9.17) is 0 Å². The number of carbonyl (C=O) groups is 3. The first kappa shape index (κ1) is 25.4. The Morgan fingerprint density at radius 2 is 1.74 bits per heavy atom. The first-order valence-corrected chi connectivity index (χ1v) is 12.5. The molecular weight excluding hydrogens is 461 g/mol. The van der Waals surface area contributed by atoms with E-state index in [1.807, 2.05) is 0 Å². The van der Waals surface area contributed by atoms with Crippen LogP contribution in [0.3, 0.4) is 0 Å². The third-order valence-corrected chi connectivity index (χ3v) is 7.36. The van der Waals surface area contributed by atoms with Crippen molar-refractivity contribution in [3.8, 4) is 0 Å². The summed E-state index contributed by atoms with van der Waals surface area (Å²) in [6.07, 6.45) is 0.0173. The third kappa shape index (κ3) is 5.27. The van der Waals surface area contributed by atoms with Crippen molar-refractivity contribution >= 4 is 27.7 Å². The normalized spacial score (nSPS) is 15.2. The third-order valence-electron chi connectivity index (χ3n) is 5.52. The van der Waals surface area contributed by atoms with Crippen LogP contribution in [0.4, 0.5) is 4.39 Å². The van der Waals surface area contributed by atoms with Gasteiger partial charge < -0.3 is 10.2 Å². The molecule has 0 saturated heterocycles. The Morgan fingerprint density at radius 1 is 1.09 bits per heavy atom. The minimum Gasteiger partial charge on any atom is -0.352 e. The number of benzene rings is 2. The number of nitrogens with zero attached hydrogens (tertiary/aromatic N) is 2. The Kier molecular flexibility index (Phi) is 7.71. The van der Waals surface area contributed by atoms with Gasteiger partial charge in [0.05, 0.1) is 5.56 Å². The van der Waals surface area contributed by atoms with Crippen LogP contribution in [0.1, 0.15) is 49.5 Å². The molecule has 3 amide bonds. The Hall–Kier alpha value is -3.27. The lowest BCUT2D eigenvalue weighted by Gasteiger charge is -2.31. The van der Waals surface area contributed by atoms with Gasteiger partial charge in [0.15, 0.2) is 0 Å². The largest absolute Gasteiger partial charge is 0.352 e. The Labute approximate surface area is 198 Å². The second kappa shape index (κ2) is 10.3. The van der Waals surface area contributed by atoms with Crippen molar-refractivity contribution in [1.29, 1.82) is 0 Å². The van der Waals surface area contributed by atoms with E-state index in [0.717, 1.165) is 0 Å². The van der Waals surface area contributed by atoms with E-state index in [1.54, 1.807) is 26.8 Å². The molecule has 3 rings (SSSR count). The Balaban J connectivity index is 1.82. The van der Waals surface area contributed by atoms with E-state index in [1.165, 1.54) is 47.4 Å². The molecule has 0 bridgehead atoms. The fraction of sp³-hybridized carbons (Fsp3) is 0.375. The first-order valence-electron chi connectivity index (χ1n) is 11.1. The number of hydrogen-bond acceptors (Lipinski definition) is 5. The summed E-state index contributed by atoms with van der Waals surface area (Å²) in [5.41, 5.74) is 0.684. The van der Waals surface area contributed by atoms with Crippen LogP contribution >= 0.6 is 0 Å². The lowest BCUT2D eigenvalue weighted by atomic mass is 10.1. The van der Waals surface area contributed by atoms with Crippen molar-refractivity contribution < 1.29 is 27.2 Å². The second-order valence-corrected chi connectivity index (χ2v) is 10.2. The molecule has 182 valence electrons. The minimum absolute atomic E-state index is 0.0318. The minimum atomic E-state index is -4.05. The van der Waals surface area contributed by atoms with Crippen molar-refractivity contribution in [2.24, 2.45) is 0 Å². The van der Waals surface area contributed by atoms with Gasteiger partial charge in [-0.25, -0.2) is 17.1 Å². The highest BCUT2D eigenvalue weighted by Crippen LogP contribution is 2.30. The number of amides is 3. The van der Waals surface area contributed by atoms with Gasteiger partial charge in [-0.15, -0.1) is 0 Å². The molecule has 0 saturated carbocycles. The van der Waals surface area contributed by atoms with Crippen molar-refractivity contribution in [2.75, 3.05) is 6.54 Å². The monoisotopic (exact) mass is 489 g/mol. The van der Waals surface area contributed by atoms with E-state index in [9.17, 15) is 27.2 Å². The highest BCUT2D eigenvalue weighted by molar-refractivity contribution is 7.90. The lowest BCUT2D eigenvalue weighted by Crippen LogP contribution is -2.51. The van der Waals surface area contributed by atoms with Crippen LogP contribution in [0.5, 0.6) is 0 Å². The molecule has 1 N–H and O–H groups in total. The molecular formula is C24H28FN3O5S. The molecule has 2 aromatic rings. The highest BCUT2D eigenvalue weighted by atomic mass is 32.2. The summed E-state index contributed by atoms with van der Waals surface area (Å²) in [6, 6.07) is 10.5. The van der Waals surface area contributed by atoms with E-state index in [0.29, 0.717) is 16.3 Å². The number of nitrogens with one attached hydrogen (secondary N) is 1. The molecule has 2 aromatic carbocycles. The molecule has 10 heteroatoms. The summed E-state index contributed by atoms with van der Waals surface area (Å²) in [5, 5.41) is 2.80. The maximum atomic E-state index is 13.4. The molecule has 0 spiro atoms. The van der Waals surface area contributed by atoms with Gasteiger partial charge in [0, 0.05) is 25.6 Å². The zero-order valence-corrected chi connectivity index (χ0v) is 20.1. The maximum Gasteiger partial charge on any atom is 0.269 e. The Bertz CT molecular complexity index is 1180. The van der Waals surface area contributed by atoms with Crippen LogP contribution in [0.25, 0.3) is 0 Å². The summed E-state index contributed by atoms with van der Waals surface area (Å²) < 4.78 is 39.7. The van der Waals surface area contributed by atoms with Crippen LogP contribution < -0.4 is 5.32 Å². The molecule has 0 aromatic heterocycles. The molecule has 1 atom stereocenters. The number of carbonyl (C=O) groups excluding carboxylic acids is 3. The van der Waals surface area contributed by atoms with Gasteiger partial charge >= 0.3 is 0 Å². The van der Waals surface area contributed by atoms with Gasteiger partial charge in [-0.1, -0.05) is 31.2 Å². The SMILES string of the molecule is CCC(C(=O)NC(C)C)N(Cc1ccc(F)cc1)C(=O)CCN1C(=O)c2ccccc2S1(=O)=O. The van der Waals surface area contributed by atoms with Crippen molar-refractivity contribution in [3.05, 3.63) is 65.5 Å². The molecule has 1 unspecified atom stereocenters. The highest BCUT2D eigenvalue weighted by Gasteiger charge is 2.41. The fourth-order valence-electron chi connectivity index (χ4n) is 3.88. The van der Waals surface area contributed by atoms with Gasteiger partial charge in [-0.3, -0.25) is 14.4 Å². The van der Waals surface area contributed by atoms with Crippen LogP contribution in [-0.2, 0) is 26.2 Å². The topological polar surface area (TPSA) is 104 Å². The van der Waals surface area contributed by atoms with Crippen molar-refractivity contribution in [2.45, 2.75) is 57.1 Å². The maximum absolute atomic E-state index is 13.4. The summed E-state index contributed by atoms with van der Waals surface area (Å²) in [7, 11) is -4.05. The van der Waals surface area contributed by atoms with Crippen LogP contribution in [0, 0.1) is 5.82 Å². The van der Waals surface area contributed by atoms with Gasteiger partial charge in [0.1, 0.15) is 16.8 Å². The summed E-state index contributed by atoms with van der Waals surface area (Å²) in [4.78, 5) is 40.0. The first-order chi connectivity index (χ1) is 16.1. The zero-order valence-electron chi connectivity index (χ0n) is 19.3. The predicted octanol–water partition coefficient (Wildman–Crippen LogP) is 2.69. The van der Waals surface area contributed by atoms with Gasteiger partial charge in [0.25, 0.3) is 15.9 Å². The molecule has 0 fully saturated rings. The second-order valence-electron chi connectivity index (χ2n) is 8.36. The molecule has 8 nitrogen and oxygen atoms in total.